The number of benzene rings is 2. The Morgan fingerprint density at radius 2 is 2.00 bits per heavy atom. The van der Waals surface area contributed by atoms with Crippen molar-refractivity contribution in [2.24, 2.45) is 0 Å². The number of rotatable bonds is 6. The van der Waals surface area contributed by atoms with Crippen molar-refractivity contribution < 1.29 is 23.5 Å². The highest BCUT2D eigenvalue weighted by Gasteiger charge is 2.24. The quantitative estimate of drug-likeness (QED) is 0.567. The number of carbonyl (C=O) groups is 2. The maximum Gasteiger partial charge on any atom is 0.338 e. The lowest BCUT2D eigenvalue weighted by Crippen LogP contribution is -2.24. The molecule has 1 heterocycles. The molecule has 26 heavy (non-hydrogen) atoms. The zero-order valence-corrected chi connectivity index (χ0v) is 14.7. The fourth-order valence-corrected chi connectivity index (χ4v) is 2.90. The molecule has 1 aliphatic heterocycles. The number of para-hydroxylation sites is 1. The molecule has 1 aliphatic rings. The molecule has 7 heteroatoms. The van der Waals surface area contributed by atoms with Gasteiger partial charge >= 0.3 is 5.97 Å². The number of carbonyl (C=O) groups excluding carboxylic acids is 2. The van der Waals surface area contributed by atoms with Crippen molar-refractivity contribution >= 4 is 29.2 Å². The van der Waals surface area contributed by atoms with Crippen LogP contribution in [0.15, 0.2) is 42.5 Å². The molecule has 2 aromatic rings. The molecule has 1 fully saturated rings. The first-order valence-corrected chi connectivity index (χ1v) is 8.58. The fourth-order valence-electron chi connectivity index (χ4n) is 2.68. The van der Waals surface area contributed by atoms with E-state index in [1.54, 1.807) is 29.2 Å². The number of hydrogen-bond acceptors (Lipinski definition) is 4. The van der Waals surface area contributed by atoms with Crippen LogP contribution in [0.25, 0.3) is 0 Å². The van der Waals surface area contributed by atoms with E-state index >= 15 is 0 Å². The highest BCUT2D eigenvalue weighted by molar-refractivity contribution is 6.34. The van der Waals surface area contributed by atoms with Crippen LogP contribution < -0.4 is 9.64 Å². The van der Waals surface area contributed by atoms with Crippen LogP contribution in [0.3, 0.4) is 0 Å². The minimum Gasteiger partial charge on any atom is -0.487 e. The third-order valence-corrected chi connectivity index (χ3v) is 4.28. The molecule has 1 amide bonds. The average molecular weight is 378 g/mol. The van der Waals surface area contributed by atoms with Crippen LogP contribution in [0.2, 0.25) is 5.02 Å². The average Bonchev–Trinajstić information content (AvgIpc) is 3.06. The lowest BCUT2D eigenvalue weighted by atomic mass is 10.2. The highest BCUT2D eigenvalue weighted by atomic mass is 35.5. The second-order valence-electron chi connectivity index (χ2n) is 5.73. The molecule has 136 valence electrons. The molecule has 3 rings (SSSR count). The molecule has 0 unspecified atom stereocenters. The van der Waals surface area contributed by atoms with Crippen LogP contribution in [0.1, 0.15) is 23.2 Å². The van der Waals surface area contributed by atoms with Crippen molar-refractivity contribution in [1.29, 1.82) is 0 Å². The lowest BCUT2D eigenvalue weighted by molar-refractivity contribution is -0.117. The van der Waals surface area contributed by atoms with E-state index in [0.29, 0.717) is 23.7 Å². The van der Waals surface area contributed by atoms with Crippen molar-refractivity contribution in [2.75, 3.05) is 24.7 Å². The van der Waals surface area contributed by atoms with Gasteiger partial charge in [0.1, 0.15) is 13.2 Å². The zero-order valence-electron chi connectivity index (χ0n) is 13.9. The van der Waals surface area contributed by atoms with Crippen molar-refractivity contribution in [3.8, 4) is 5.75 Å². The Morgan fingerprint density at radius 1 is 1.19 bits per heavy atom. The first-order valence-electron chi connectivity index (χ1n) is 8.20. The van der Waals surface area contributed by atoms with E-state index in [4.69, 9.17) is 21.1 Å². The standard InChI is InChI=1S/C19H17ClFNO4/c20-14-8-7-13(12-16(14)22-9-3-6-18(22)23)19(24)26-11-10-25-17-5-2-1-4-15(17)21/h1-2,4-5,7-8,12H,3,6,9-11H2. The predicted octanol–water partition coefficient (Wildman–Crippen LogP) is 3.84. The summed E-state index contributed by atoms with van der Waals surface area (Å²) in [5, 5.41) is 0.402. The smallest absolute Gasteiger partial charge is 0.338 e. The Labute approximate surface area is 155 Å². The topological polar surface area (TPSA) is 55.8 Å². The van der Waals surface area contributed by atoms with Gasteiger partial charge in [-0.1, -0.05) is 23.7 Å². The van der Waals surface area contributed by atoms with Crippen LogP contribution >= 0.6 is 11.6 Å². The minimum atomic E-state index is -0.563. The Balaban J connectivity index is 1.58. The number of amides is 1. The summed E-state index contributed by atoms with van der Waals surface area (Å²) in [4.78, 5) is 25.6. The van der Waals surface area contributed by atoms with E-state index in [2.05, 4.69) is 0 Å². The van der Waals surface area contributed by atoms with Crippen LogP contribution in [-0.4, -0.2) is 31.6 Å². The minimum absolute atomic E-state index is 0.0179. The second-order valence-corrected chi connectivity index (χ2v) is 6.14. The Bertz CT molecular complexity index is 827. The van der Waals surface area contributed by atoms with Gasteiger partial charge in [0, 0.05) is 13.0 Å². The van der Waals surface area contributed by atoms with Gasteiger partial charge in [-0.3, -0.25) is 4.79 Å². The van der Waals surface area contributed by atoms with Crippen molar-refractivity contribution in [3.05, 3.63) is 58.9 Å². The monoisotopic (exact) mass is 377 g/mol. The Morgan fingerprint density at radius 3 is 2.73 bits per heavy atom. The number of halogens is 2. The molecule has 0 saturated carbocycles. The molecular formula is C19H17ClFNO4. The highest BCUT2D eigenvalue weighted by Crippen LogP contribution is 2.30. The number of hydrogen-bond donors (Lipinski definition) is 0. The fraction of sp³-hybridized carbons (Fsp3) is 0.263. The predicted molar refractivity (Wildman–Crippen MR) is 95.2 cm³/mol. The summed E-state index contributed by atoms with van der Waals surface area (Å²) >= 11 is 6.15. The number of esters is 1. The third-order valence-electron chi connectivity index (χ3n) is 3.96. The maximum atomic E-state index is 13.4. The van der Waals surface area contributed by atoms with Gasteiger partial charge in [-0.2, -0.15) is 0 Å². The molecule has 5 nitrogen and oxygen atoms in total. The normalized spacial score (nSPS) is 13.8. The molecule has 0 N–H and O–H groups in total. The molecule has 0 aliphatic carbocycles. The van der Waals surface area contributed by atoms with E-state index in [1.807, 2.05) is 0 Å². The van der Waals surface area contributed by atoms with Crippen LogP contribution in [0, 0.1) is 5.82 Å². The van der Waals surface area contributed by atoms with E-state index in [9.17, 15) is 14.0 Å². The largest absolute Gasteiger partial charge is 0.487 e. The molecule has 2 aromatic carbocycles. The number of anilines is 1. The Kier molecular flexibility index (Phi) is 5.73. The van der Waals surface area contributed by atoms with Crippen molar-refractivity contribution in [1.82, 2.24) is 0 Å². The van der Waals surface area contributed by atoms with Gasteiger partial charge < -0.3 is 14.4 Å². The first kappa shape index (κ1) is 18.2. The van der Waals surface area contributed by atoms with Gasteiger partial charge in [0.15, 0.2) is 11.6 Å². The summed E-state index contributed by atoms with van der Waals surface area (Å²) in [6.45, 7) is 0.568. The van der Waals surface area contributed by atoms with Crippen LogP contribution in [0.5, 0.6) is 5.75 Å². The van der Waals surface area contributed by atoms with E-state index in [-0.39, 0.29) is 30.4 Å². The third kappa shape index (κ3) is 4.14. The number of ether oxygens (including phenoxy) is 2. The van der Waals surface area contributed by atoms with Crippen LogP contribution in [-0.2, 0) is 9.53 Å². The van der Waals surface area contributed by atoms with Gasteiger partial charge in [0.2, 0.25) is 5.91 Å². The SMILES string of the molecule is O=C(OCCOc1ccccc1F)c1ccc(Cl)c(N2CCCC2=O)c1. The Hall–Kier alpha value is -2.60. The lowest BCUT2D eigenvalue weighted by Gasteiger charge is -2.18. The molecule has 0 radical (unpaired) electrons. The maximum absolute atomic E-state index is 13.4. The molecule has 0 spiro atoms. The van der Waals surface area contributed by atoms with E-state index < -0.39 is 11.8 Å². The molecule has 0 bridgehead atoms. The summed E-state index contributed by atoms with van der Waals surface area (Å²) in [7, 11) is 0. The zero-order chi connectivity index (χ0) is 18.5. The van der Waals surface area contributed by atoms with Gasteiger partial charge in [0.25, 0.3) is 0 Å². The summed E-state index contributed by atoms with van der Waals surface area (Å²) in [6.07, 6.45) is 1.23. The summed E-state index contributed by atoms with van der Waals surface area (Å²) in [6, 6.07) is 10.6. The van der Waals surface area contributed by atoms with Crippen molar-refractivity contribution in [2.45, 2.75) is 12.8 Å². The van der Waals surface area contributed by atoms with Gasteiger partial charge in [0.05, 0.1) is 16.3 Å². The first-order chi connectivity index (χ1) is 12.6. The molecule has 1 saturated heterocycles. The molecular weight excluding hydrogens is 361 g/mol. The molecule has 0 aromatic heterocycles. The van der Waals surface area contributed by atoms with Gasteiger partial charge in [-0.25, -0.2) is 9.18 Å². The van der Waals surface area contributed by atoms with Crippen molar-refractivity contribution in [3.63, 3.8) is 0 Å². The number of nitrogens with zero attached hydrogens (tertiary/aromatic N) is 1. The summed E-state index contributed by atoms with van der Waals surface area (Å²) < 4.78 is 23.8. The van der Waals surface area contributed by atoms with Gasteiger partial charge in [-0.15, -0.1) is 0 Å². The van der Waals surface area contributed by atoms with Gasteiger partial charge in [-0.05, 0) is 36.8 Å². The second kappa shape index (κ2) is 8.19. The van der Waals surface area contributed by atoms with Crippen LogP contribution in [0.4, 0.5) is 10.1 Å². The van der Waals surface area contributed by atoms with E-state index in [1.165, 1.54) is 18.2 Å². The molecule has 0 atom stereocenters. The summed E-state index contributed by atoms with van der Waals surface area (Å²) in [5.41, 5.74) is 0.793. The summed E-state index contributed by atoms with van der Waals surface area (Å²) in [5.74, 6) is -0.955. The van der Waals surface area contributed by atoms with E-state index in [0.717, 1.165) is 6.42 Å².